The first-order valence-corrected chi connectivity index (χ1v) is 7.14. The van der Waals surface area contributed by atoms with E-state index in [1.54, 1.807) is 0 Å². The molecule has 1 N–H and O–H groups in total. The lowest BCUT2D eigenvalue weighted by atomic mass is 9.98. The molecule has 2 aliphatic rings. The van der Waals surface area contributed by atoms with E-state index in [-0.39, 0.29) is 0 Å². The van der Waals surface area contributed by atoms with Crippen LogP contribution in [0.1, 0.15) is 43.5 Å². The second-order valence-electron chi connectivity index (χ2n) is 5.86. The number of rotatable bonds is 2. The standard InChI is InChI=1S/C15H23N3/c1-11-10-13(7-9-18(11)2)17-14-6-5-12-4-3-8-16-15(12)14/h3-4,8,11,13-14,17H,5-7,9-10H2,1-2H3. The molecule has 1 fully saturated rings. The summed E-state index contributed by atoms with van der Waals surface area (Å²) in [6.07, 6.45) is 6.85. The van der Waals surface area contributed by atoms with Gasteiger partial charge in [-0.3, -0.25) is 4.98 Å². The van der Waals surface area contributed by atoms with Gasteiger partial charge in [0.15, 0.2) is 0 Å². The zero-order chi connectivity index (χ0) is 12.5. The Bertz CT molecular complexity index is 418. The zero-order valence-electron chi connectivity index (χ0n) is 11.4. The highest BCUT2D eigenvalue weighted by molar-refractivity contribution is 5.28. The summed E-state index contributed by atoms with van der Waals surface area (Å²) < 4.78 is 0. The molecule has 3 rings (SSSR count). The average molecular weight is 245 g/mol. The van der Waals surface area contributed by atoms with E-state index in [0.717, 1.165) is 0 Å². The fourth-order valence-corrected chi connectivity index (χ4v) is 3.30. The Kier molecular flexibility index (Phi) is 3.35. The minimum absolute atomic E-state index is 0.488. The first-order valence-electron chi connectivity index (χ1n) is 7.14. The van der Waals surface area contributed by atoms with Gasteiger partial charge in [-0.25, -0.2) is 0 Å². The second kappa shape index (κ2) is 4.98. The molecule has 1 aromatic heterocycles. The topological polar surface area (TPSA) is 28.2 Å². The molecule has 0 saturated carbocycles. The van der Waals surface area contributed by atoms with E-state index in [4.69, 9.17) is 0 Å². The van der Waals surface area contributed by atoms with Crippen LogP contribution in [0.15, 0.2) is 18.3 Å². The number of aromatic nitrogens is 1. The molecule has 1 aromatic rings. The first-order chi connectivity index (χ1) is 8.74. The van der Waals surface area contributed by atoms with Crippen LogP contribution in [0.3, 0.4) is 0 Å². The molecule has 1 saturated heterocycles. The molecule has 3 unspecified atom stereocenters. The van der Waals surface area contributed by atoms with Crippen LogP contribution in [-0.2, 0) is 6.42 Å². The third kappa shape index (κ3) is 2.29. The lowest BCUT2D eigenvalue weighted by molar-refractivity contribution is 0.162. The Labute approximate surface area is 110 Å². The number of pyridine rings is 1. The Morgan fingerprint density at radius 2 is 2.28 bits per heavy atom. The van der Waals surface area contributed by atoms with Crippen LogP contribution in [0.4, 0.5) is 0 Å². The Balaban J connectivity index is 1.65. The summed E-state index contributed by atoms with van der Waals surface area (Å²) >= 11 is 0. The van der Waals surface area contributed by atoms with Crippen LogP contribution in [0.25, 0.3) is 0 Å². The van der Waals surface area contributed by atoms with Gasteiger partial charge in [-0.1, -0.05) is 6.07 Å². The Morgan fingerprint density at radius 3 is 3.11 bits per heavy atom. The Morgan fingerprint density at radius 1 is 1.39 bits per heavy atom. The number of fused-ring (bicyclic) bond motifs is 1. The minimum Gasteiger partial charge on any atom is -0.306 e. The number of likely N-dealkylation sites (tertiary alicyclic amines) is 1. The summed E-state index contributed by atoms with van der Waals surface area (Å²) in [5, 5.41) is 3.84. The highest BCUT2D eigenvalue weighted by Gasteiger charge is 2.29. The van der Waals surface area contributed by atoms with E-state index in [9.17, 15) is 0 Å². The molecule has 0 aromatic carbocycles. The molecule has 1 aliphatic heterocycles. The van der Waals surface area contributed by atoms with E-state index >= 15 is 0 Å². The van der Waals surface area contributed by atoms with Gasteiger partial charge in [-0.2, -0.15) is 0 Å². The summed E-state index contributed by atoms with van der Waals surface area (Å²) in [5.41, 5.74) is 2.74. The van der Waals surface area contributed by atoms with E-state index in [1.807, 2.05) is 6.20 Å². The molecule has 3 heteroatoms. The van der Waals surface area contributed by atoms with Crippen LogP contribution < -0.4 is 5.32 Å². The summed E-state index contributed by atoms with van der Waals surface area (Å²) in [7, 11) is 2.23. The molecule has 0 spiro atoms. The second-order valence-corrected chi connectivity index (χ2v) is 5.86. The SMILES string of the molecule is CC1CC(NC2CCc3cccnc32)CCN1C. The summed E-state index contributed by atoms with van der Waals surface area (Å²) in [6, 6.07) is 6.12. The normalized spacial score (nSPS) is 32.4. The predicted molar refractivity (Wildman–Crippen MR) is 73.5 cm³/mol. The maximum atomic E-state index is 4.57. The monoisotopic (exact) mass is 245 g/mol. The van der Waals surface area contributed by atoms with Gasteiger partial charge in [-0.15, -0.1) is 0 Å². The van der Waals surface area contributed by atoms with Crippen molar-refractivity contribution in [2.75, 3.05) is 13.6 Å². The van der Waals surface area contributed by atoms with Crippen molar-refractivity contribution in [3.63, 3.8) is 0 Å². The predicted octanol–water partition coefficient (Wildman–Crippen LogP) is 2.14. The number of hydrogen-bond acceptors (Lipinski definition) is 3. The van der Waals surface area contributed by atoms with Gasteiger partial charge in [0.25, 0.3) is 0 Å². The Hall–Kier alpha value is -0.930. The van der Waals surface area contributed by atoms with Crippen LogP contribution in [0.2, 0.25) is 0 Å². The lowest BCUT2D eigenvalue weighted by Crippen LogP contribution is -2.46. The van der Waals surface area contributed by atoms with Crippen molar-refractivity contribution in [2.24, 2.45) is 0 Å². The zero-order valence-corrected chi connectivity index (χ0v) is 11.4. The summed E-state index contributed by atoms with van der Waals surface area (Å²) in [6.45, 7) is 3.54. The van der Waals surface area contributed by atoms with E-state index < -0.39 is 0 Å². The van der Waals surface area contributed by atoms with Crippen LogP contribution in [0.5, 0.6) is 0 Å². The van der Waals surface area contributed by atoms with Gasteiger partial charge in [0.1, 0.15) is 0 Å². The number of aryl methyl sites for hydroxylation is 1. The van der Waals surface area contributed by atoms with E-state index in [1.165, 1.54) is 43.5 Å². The number of hydrogen-bond donors (Lipinski definition) is 1. The smallest absolute Gasteiger partial charge is 0.0605 e. The van der Waals surface area contributed by atoms with E-state index in [2.05, 4.69) is 41.3 Å². The molecule has 18 heavy (non-hydrogen) atoms. The highest BCUT2D eigenvalue weighted by atomic mass is 15.1. The average Bonchev–Trinajstić information content (AvgIpc) is 2.78. The van der Waals surface area contributed by atoms with Crippen LogP contribution in [0, 0.1) is 0 Å². The minimum atomic E-state index is 0.488. The molecule has 0 radical (unpaired) electrons. The van der Waals surface area contributed by atoms with Crippen molar-refractivity contribution in [3.05, 3.63) is 29.6 Å². The molecular weight excluding hydrogens is 222 g/mol. The largest absolute Gasteiger partial charge is 0.306 e. The molecule has 0 bridgehead atoms. The van der Waals surface area contributed by atoms with Gasteiger partial charge >= 0.3 is 0 Å². The van der Waals surface area contributed by atoms with Gasteiger partial charge in [0.05, 0.1) is 11.7 Å². The maximum Gasteiger partial charge on any atom is 0.0605 e. The molecule has 1 aliphatic carbocycles. The first kappa shape index (κ1) is 12.1. The van der Waals surface area contributed by atoms with E-state index in [0.29, 0.717) is 18.1 Å². The fraction of sp³-hybridized carbons (Fsp3) is 0.667. The van der Waals surface area contributed by atoms with Crippen molar-refractivity contribution >= 4 is 0 Å². The maximum absolute atomic E-state index is 4.57. The number of nitrogens with one attached hydrogen (secondary N) is 1. The third-order valence-electron chi connectivity index (χ3n) is 4.60. The molecule has 98 valence electrons. The molecule has 2 heterocycles. The van der Waals surface area contributed by atoms with Crippen LogP contribution in [-0.4, -0.2) is 35.6 Å². The molecule has 3 atom stereocenters. The van der Waals surface area contributed by atoms with Gasteiger partial charge < -0.3 is 10.2 Å². The molecule has 0 amide bonds. The number of nitrogens with zero attached hydrogens (tertiary/aromatic N) is 2. The molecule has 3 nitrogen and oxygen atoms in total. The van der Waals surface area contributed by atoms with Gasteiger partial charge in [0, 0.05) is 18.3 Å². The summed E-state index contributed by atoms with van der Waals surface area (Å²) in [5.74, 6) is 0. The fourth-order valence-electron chi connectivity index (χ4n) is 3.30. The van der Waals surface area contributed by atoms with Crippen molar-refractivity contribution in [1.82, 2.24) is 15.2 Å². The quantitative estimate of drug-likeness (QED) is 0.865. The van der Waals surface area contributed by atoms with Crippen molar-refractivity contribution < 1.29 is 0 Å². The lowest BCUT2D eigenvalue weighted by Gasteiger charge is -2.36. The van der Waals surface area contributed by atoms with Gasteiger partial charge in [0.2, 0.25) is 0 Å². The van der Waals surface area contributed by atoms with Crippen molar-refractivity contribution in [3.8, 4) is 0 Å². The number of piperidine rings is 1. The summed E-state index contributed by atoms with van der Waals surface area (Å²) in [4.78, 5) is 7.02. The molecular formula is C15H23N3. The third-order valence-corrected chi connectivity index (χ3v) is 4.60. The van der Waals surface area contributed by atoms with Gasteiger partial charge in [-0.05, 0) is 57.8 Å². The van der Waals surface area contributed by atoms with Crippen molar-refractivity contribution in [1.29, 1.82) is 0 Å². The highest BCUT2D eigenvalue weighted by Crippen LogP contribution is 2.30. The van der Waals surface area contributed by atoms with Crippen LogP contribution >= 0.6 is 0 Å². The van der Waals surface area contributed by atoms with Crippen molar-refractivity contribution in [2.45, 2.75) is 50.7 Å².